The summed E-state index contributed by atoms with van der Waals surface area (Å²) in [5.74, 6) is 1.07. The van der Waals surface area contributed by atoms with Crippen molar-refractivity contribution in [3.8, 4) is 5.75 Å². The third-order valence-corrected chi connectivity index (χ3v) is 4.61. The number of carbonyl (C=O) groups excluding carboxylic acids is 1. The summed E-state index contributed by atoms with van der Waals surface area (Å²) in [5, 5.41) is 11.7. The minimum atomic E-state index is -0.903. The molecule has 6 heteroatoms. The van der Waals surface area contributed by atoms with E-state index in [1.165, 1.54) is 0 Å². The molecule has 0 bridgehead atoms. The second-order valence-electron chi connectivity index (χ2n) is 6.48. The van der Waals surface area contributed by atoms with Gasteiger partial charge in [-0.2, -0.15) is 0 Å². The Morgan fingerprint density at radius 3 is 2.81 bits per heavy atom. The first-order valence-corrected chi connectivity index (χ1v) is 8.66. The van der Waals surface area contributed by atoms with E-state index in [1.54, 1.807) is 0 Å². The van der Waals surface area contributed by atoms with Crippen LogP contribution in [0.1, 0.15) is 17.5 Å². The molecule has 6 nitrogen and oxygen atoms in total. The van der Waals surface area contributed by atoms with Crippen molar-refractivity contribution in [3.05, 3.63) is 59.7 Å². The lowest BCUT2D eigenvalue weighted by molar-refractivity contribution is -0.121. The molecule has 2 aromatic rings. The number of amides is 1. The fourth-order valence-corrected chi connectivity index (χ4v) is 3.18. The molecule has 134 valence electrons. The Morgan fingerprint density at radius 2 is 2.00 bits per heavy atom. The fraction of sp³-hybridized carbons (Fsp3) is 0.300. The van der Waals surface area contributed by atoms with Gasteiger partial charge < -0.3 is 19.9 Å². The smallest absolute Gasteiger partial charge is 0.256 e. The van der Waals surface area contributed by atoms with Crippen LogP contribution in [0.15, 0.2) is 53.5 Å². The molecule has 0 radical (unpaired) electrons. The van der Waals surface area contributed by atoms with Crippen LogP contribution in [0, 0.1) is 0 Å². The molecule has 1 amide bonds. The number of aliphatic hydroxyl groups is 1. The molecule has 4 rings (SSSR count). The van der Waals surface area contributed by atoms with Gasteiger partial charge in [-0.05, 0) is 35.9 Å². The van der Waals surface area contributed by atoms with Gasteiger partial charge in [0.05, 0.1) is 6.61 Å². The SMILES string of the molecule is O=C1Nc2ccccc2C[C@@]12COC(c1ccc(OCCCO)cc1)=N2. The molecule has 2 aliphatic heterocycles. The van der Waals surface area contributed by atoms with Gasteiger partial charge in [0.25, 0.3) is 5.91 Å². The average molecular weight is 352 g/mol. The first-order chi connectivity index (χ1) is 12.7. The third kappa shape index (κ3) is 3.04. The quantitative estimate of drug-likeness (QED) is 0.808. The Hall–Kier alpha value is -2.86. The van der Waals surface area contributed by atoms with Crippen molar-refractivity contribution in [2.24, 2.45) is 4.99 Å². The van der Waals surface area contributed by atoms with Crippen molar-refractivity contribution >= 4 is 17.5 Å². The minimum Gasteiger partial charge on any atom is -0.494 e. The minimum absolute atomic E-state index is 0.107. The van der Waals surface area contributed by atoms with Crippen LogP contribution in [0.4, 0.5) is 5.69 Å². The number of anilines is 1. The second kappa shape index (κ2) is 6.80. The van der Waals surface area contributed by atoms with Crippen LogP contribution < -0.4 is 10.1 Å². The Balaban J connectivity index is 1.53. The van der Waals surface area contributed by atoms with Crippen molar-refractivity contribution in [1.29, 1.82) is 0 Å². The van der Waals surface area contributed by atoms with Crippen LogP contribution in [0.3, 0.4) is 0 Å². The molecule has 1 spiro atoms. The maximum absolute atomic E-state index is 12.6. The van der Waals surface area contributed by atoms with Gasteiger partial charge in [0.15, 0.2) is 5.54 Å². The van der Waals surface area contributed by atoms with Gasteiger partial charge in [-0.1, -0.05) is 18.2 Å². The fourth-order valence-electron chi connectivity index (χ4n) is 3.18. The van der Waals surface area contributed by atoms with Gasteiger partial charge in [0, 0.05) is 30.7 Å². The predicted molar refractivity (Wildman–Crippen MR) is 97.6 cm³/mol. The molecule has 2 N–H and O–H groups in total. The van der Waals surface area contributed by atoms with E-state index in [2.05, 4.69) is 10.3 Å². The van der Waals surface area contributed by atoms with Crippen molar-refractivity contribution in [1.82, 2.24) is 0 Å². The number of nitrogens with one attached hydrogen (secondary N) is 1. The zero-order valence-electron chi connectivity index (χ0n) is 14.3. The Morgan fingerprint density at radius 1 is 1.19 bits per heavy atom. The monoisotopic (exact) mass is 352 g/mol. The van der Waals surface area contributed by atoms with Crippen molar-refractivity contribution < 1.29 is 19.4 Å². The van der Waals surface area contributed by atoms with E-state index in [0.29, 0.717) is 25.3 Å². The molecule has 0 fully saturated rings. The van der Waals surface area contributed by atoms with Gasteiger partial charge in [0.1, 0.15) is 12.4 Å². The molecular formula is C20H20N2O4. The van der Waals surface area contributed by atoms with Crippen molar-refractivity contribution in [3.63, 3.8) is 0 Å². The summed E-state index contributed by atoms with van der Waals surface area (Å²) in [6.45, 7) is 0.809. The van der Waals surface area contributed by atoms with E-state index >= 15 is 0 Å². The van der Waals surface area contributed by atoms with Crippen LogP contribution in [-0.2, 0) is 16.0 Å². The first-order valence-electron chi connectivity index (χ1n) is 8.66. The molecule has 2 aliphatic rings. The van der Waals surface area contributed by atoms with Crippen LogP contribution in [0.25, 0.3) is 0 Å². The summed E-state index contributed by atoms with van der Waals surface area (Å²) in [4.78, 5) is 17.3. The molecule has 0 unspecified atom stereocenters. The van der Waals surface area contributed by atoms with Crippen molar-refractivity contribution in [2.75, 3.05) is 25.1 Å². The summed E-state index contributed by atoms with van der Waals surface area (Å²) in [5.41, 5.74) is 1.81. The molecule has 2 aromatic carbocycles. The lowest BCUT2D eigenvalue weighted by atomic mass is 9.87. The molecule has 0 aliphatic carbocycles. The first kappa shape index (κ1) is 16.6. The van der Waals surface area contributed by atoms with Crippen LogP contribution >= 0.6 is 0 Å². The topological polar surface area (TPSA) is 80.2 Å². The maximum Gasteiger partial charge on any atom is 0.256 e. The van der Waals surface area contributed by atoms with Gasteiger partial charge >= 0.3 is 0 Å². The zero-order chi connectivity index (χ0) is 18.0. The zero-order valence-corrected chi connectivity index (χ0v) is 14.3. The highest BCUT2D eigenvalue weighted by atomic mass is 16.5. The summed E-state index contributed by atoms with van der Waals surface area (Å²) in [6, 6.07) is 15.2. The number of rotatable bonds is 5. The van der Waals surface area contributed by atoms with E-state index in [4.69, 9.17) is 14.6 Å². The van der Waals surface area contributed by atoms with Crippen LogP contribution in [0.5, 0.6) is 5.75 Å². The van der Waals surface area contributed by atoms with E-state index < -0.39 is 5.54 Å². The Kier molecular flexibility index (Phi) is 4.34. The molecule has 26 heavy (non-hydrogen) atoms. The molecular weight excluding hydrogens is 332 g/mol. The van der Waals surface area contributed by atoms with E-state index in [1.807, 2.05) is 48.5 Å². The lowest BCUT2D eigenvalue weighted by Crippen LogP contribution is -2.47. The van der Waals surface area contributed by atoms with Crippen LogP contribution in [0.2, 0.25) is 0 Å². The van der Waals surface area contributed by atoms with Gasteiger partial charge in [-0.3, -0.25) is 4.79 Å². The third-order valence-electron chi connectivity index (χ3n) is 4.61. The molecule has 1 atom stereocenters. The largest absolute Gasteiger partial charge is 0.494 e. The number of carbonyl (C=O) groups is 1. The molecule has 0 saturated carbocycles. The van der Waals surface area contributed by atoms with Gasteiger partial charge in [-0.25, -0.2) is 4.99 Å². The Bertz CT molecular complexity index is 847. The predicted octanol–water partition coefficient (Wildman–Crippen LogP) is 2.16. The number of hydrogen-bond acceptors (Lipinski definition) is 5. The molecule has 2 heterocycles. The average Bonchev–Trinajstić information content (AvgIpc) is 3.08. The number of aliphatic hydroxyl groups excluding tert-OH is 1. The number of ether oxygens (including phenoxy) is 2. The Labute approximate surface area is 151 Å². The molecule has 0 aromatic heterocycles. The van der Waals surface area contributed by atoms with E-state index in [9.17, 15) is 4.79 Å². The van der Waals surface area contributed by atoms with Gasteiger partial charge in [0.2, 0.25) is 5.90 Å². The highest BCUT2D eigenvalue weighted by Crippen LogP contribution is 2.34. The maximum atomic E-state index is 12.6. The number of aliphatic imine (C=N–C) groups is 1. The van der Waals surface area contributed by atoms with Gasteiger partial charge in [-0.15, -0.1) is 0 Å². The summed E-state index contributed by atoms with van der Waals surface area (Å²) in [6.07, 6.45) is 1.12. The highest BCUT2D eigenvalue weighted by Gasteiger charge is 2.47. The van der Waals surface area contributed by atoms with Crippen LogP contribution in [-0.4, -0.2) is 42.3 Å². The van der Waals surface area contributed by atoms with E-state index in [0.717, 1.165) is 22.6 Å². The number of nitrogens with zero attached hydrogens (tertiary/aromatic N) is 1. The number of fused-ring (bicyclic) bond motifs is 1. The highest BCUT2D eigenvalue weighted by molar-refractivity contribution is 6.06. The van der Waals surface area contributed by atoms with E-state index in [-0.39, 0.29) is 19.1 Å². The number of para-hydroxylation sites is 1. The number of hydrogen-bond donors (Lipinski definition) is 2. The normalized spacial score (nSPS) is 21.0. The summed E-state index contributed by atoms with van der Waals surface area (Å²) < 4.78 is 11.3. The summed E-state index contributed by atoms with van der Waals surface area (Å²) >= 11 is 0. The standard InChI is InChI=1S/C20H20N2O4/c23-10-3-11-25-16-8-6-14(7-9-16)18-22-20(13-26-18)12-15-4-1-2-5-17(15)21-19(20)24/h1-2,4-9,23H,3,10-13H2,(H,21,24)/t20-/m1/s1. The lowest BCUT2D eigenvalue weighted by Gasteiger charge is -2.29. The summed E-state index contributed by atoms with van der Waals surface area (Å²) in [7, 11) is 0. The van der Waals surface area contributed by atoms with Crippen molar-refractivity contribution in [2.45, 2.75) is 18.4 Å². The second-order valence-corrected chi connectivity index (χ2v) is 6.48. The number of benzene rings is 2. The molecule has 0 saturated heterocycles.